The Labute approximate surface area is 104 Å². The fourth-order valence-corrected chi connectivity index (χ4v) is 2.04. The van der Waals surface area contributed by atoms with Gasteiger partial charge < -0.3 is 5.32 Å². The van der Waals surface area contributed by atoms with E-state index < -0.39 is 0 Å². The molecule has 0 fully saturated rings. The predicted octanol–water partition coefficient (Wildman–Crippen LogP) is 1.58. The number of hydrogen-bond donors (Lipinski definition) is 1. The van der Waals surface area contributed by atoms with Crippen molar-refractivity contribution in [2.24, 2.45) is 7.05 Å². The second kappa shape index (κ2) is 4.75. The third kappa shape index (κ3) is 2.41. The summed E-state index contributed by atoms with van der Waals surface area (Å²) in [6.45, 7) is 1.93. The van der Waals surface area contributed by atoms with E-state index in [4.69, 9.17) is 0 Å². The normalized spacial score (nSPS) is 10.8. The van der Waals surface area contributed by atoms with Crippen LogP contribution >= 0.6 is 11.8 Å². The fraction of sp³-hybridized carbons (Fsp3) is 0.364. The number of nitrogens with zero attached hydrogens (tertiary/aromatic N) is 3. The fourth-order valence-electron chi connectivity index (χ4n) is 1.70. The molecular formula is C11H14N4OS. The zero-order valence-corrected chi connectivity index (χ0v) is 10.8. The summed E-state index contributed by atoms with van der Waals surface area (Å²) in [6, 6.07) is 1.91. The minimum Gasteiger partial charge on any atom is -0.324 e. The number of carbonyl (C=O) groups is 1. The lowest BCUT2D eigenvalue weighted by atomic mass is 10.2. The standard InChI is InChI=1S/C11H14N4OS/c1-7-9-4-8(13-10(16)6-17-3)5-12-11(9)15(2)14-7/h4-5H,6H2,1-3H3,(H,13,16). The maximum Gasteiger partial charge on any atom is 0.234 e. The van der Waals surface area contributed by atoms with Crippen molar-refractivity contribution in [2.75, 3.05) is 17.3 Å². The van der Waals surface area contributed by atoms with Crippen LogP contribution in [0.5, 0.6) is 0 Å². The lowest BCUT2D eigenvalue weighted by Gasteiger charge is -2.03. The van der Waals surface area contributed by atoms with E-state index in [0.29, 0.717) is 11.4 Å². The number of hydrogen-bond acceptors (Lipinski definition) is 4. The molecule has 1 N–H and O–H groups in total. The van der Waals surface area contributed by atoms with Gasteiger partial charge in [-0.2, -0.15) is 16.9 Å². The van der Waals surface area contributed by atoms with Gasteiger partial charge in [0.05, 0.1) is 23.3 Å². The minimum absolute atomic E-state index is 0.0137. The van der Waals surface area contributed by atoms with Crippen molar-refractivity contribution in [1.82, 2.24) is 14.8 Å². The molecule has 0 atom stereocenters. The van der Waals surface area contributed by atoms with Crippen LogP contribution in [0.25, 0.3) is 11.0 Å². The molecule has 0 saturated heterocycles. The molecule has 0 bridgehead atoms. The van der Waals surface area contributed by atoms with Gasteiger partial charge in [-0.15, -0.1) is 0 Å². The van der Waals surface area contributed by atoms with Crippen LogP contribution in [0.1, 0.15) is 5.69 Å². The highest BCUT2D eigenvalue weighted by Gasteiger charge is 2.08. The molecule has 2 rings (SSSR count). The van der Waals surface area contributed by atoms with Gasteiger partial charge in [0, 0.05) is 12.4 Å². The van der Waals surface area contributed by atoms with Crippen LogP contribution in [0.15, 0.2) is 12.3 Å². The van der Waals surface area contributed by atoms with Crippen LogP contribution < -0.4 is 5.32 Å². The third-order valence-corrected chi connectivity index (χ3v) is 2.97. The molecule has 0 unspecified atom stereocenters. The van der Waals surface area contributed by atoms with E-state index in [1.807, 2.05) is 26.3 Å². The van der Waals surface area contributed by atoms with Crippen LogP contribution in [0.4, 0.5) is 5.69 Å². The number of thioether (sulfide) groups is 1. The lowest BCUT2D eigenvalue weighted by molar-refractivity contribution is -0.113. The van der Waals surface area contributed by atoms with Gasteiger partial charge >= 0.3 is 0 Å². The van der Waals surface area contributed by atoms with E-state index >= 15 is 0 Å². The van der Waals surface area contributed by atoms with Crippen LogP contribution in [-0.4, -0.2) is 32.7 Å². The largest absolute Gasteiger partial charge is 0.324 e. The number of fused-ring (bicyclic) bond motifs is 1. The Balaban J connectivity index is 2.31. The van der Waals surface area contributed by atoms with Gasteiger partial charge in [-0.25, -0.2) is 4.98 Å². The molecule has 0 aliphatic carbocycles. The second-order valence-electron chi connectivity index (χ2n) is 3.79. The summed E-state index contributed by atoms with van der Waals surface area (Å²) in [5.74, 6) is 0.435. The number of carbonyl (C=O) groups excluding carboxylic acids is 1. The van der Waals surface area contributed by atoms with Crippen molar-refractivity contribution in [2.45, 2.75) is 6.92 Å². The highest BCUT2D eigenvalue weighted by molar-refractivity contribution is 7.99. The van der Waals surface area contributed by atoms with Crippen molar-refractivity contribution < 1.29 is 4.79 Å². The van der Waals surface area contributed by atoms with Crippen LogP contribution in [-0.2, 0) is 11.8 Å². The highest BCUT2D eigenvalue weighted by atomic mass is 32.2. The highest BCUT2D eigenvalue weighted by Crippen LogP contribution is 2.19. The average molecular weight is 250 g/mol. The Bertz CT molecular complexity index is 564. The Kier molecular flexibility index (Phi) is 3.33. The Hall–Kier alpha value is -1.56. The lowest BCUT2D eigenvalue weighted by Crippen LogP contribution is -2.13. The Morgan fingerprint density at radius 3 is 3.06 bits per heavy atom. The van der Waals surface area contributed by atoms with E-state index in [1.165, 1.54) is 11.8 Å². The summed E-state index contributed by atoms with van der Waals surface area (Å²) in [7, 11) is 1.86. The second-order valence-corrected chi connectivity index (χ2v) is 4.65. The molecular weight excluding hydrogens is 236 g/mol. The Morgan fingerprint density at radius 2 is 2.35 bits per heavy atom. The van der Waals surface area contributed by atoms with E-state index in [1.54, 1.807) is 10.9 Å². The first-order valence-electron chi connectivity index (χ1n) is 5.20. The molecule has 2 heterocycles. The van der Waals surface area contributed by atoms with Gasteiger partial charge in [0.25, 0.3) is 0 Å². The molecule has 90 valence electrons. The van der Waals surface area contributed by atoms with Gasteiger partial charge in [0.2, 0.25) is 5.91 Å². The first-order valence-corrected chi connectivity index (χ1v) is 6.59. The Morgan fingerprint density at radius 1 is 1.59 bits per heavy atom. The minimum atomic E-state index is -0.0137. The third-order valence-electron chi connectivity index (χ3n) is 2.42. The van der Waals surface area contributed by atoms with Gasteiger partial charge in [-0.3, -0.25) is 9.48 Å². The molecule has 6 heteroatoms. The summed E-state index contributed by atoms with van der Waals surface area (Å²) >= 11 is 1.49. The van der Waals surface area contributed by atoms with Crippen molar-refractivity contribution in [3.63, 3.8) is 0 Å². The summed E-state index contributed by atoms with van der Waals surface area (Å²) in [6.07, 6.45) is 3.55. The molecule has 0 aliphatic rings. The summed E-state index contributed by atoms with van der Waals surface area (Å²) in [4.78, 5) is 15.8. The molecule has 0 radical (unpaired) electrons. The van der Waals surface area contributed by atoms with E-state index in [2.05, 4.69) is 15.4 Å². The van der Waals surface area contributed by atoms with Gasteiger partial charge in [0.1, 0.15) is 0 Å². The number of pyridine rings is 1. The number of rotatable bonds is 3. The van der Waals surface area contributed by atoms with Gasteiger partial charge in [-0.1, -0.05) is 0 Å². The summed E-state index contributed by atoms with van der Waals surface area (Å²) in [5.41, 5.74) is 2.45. The first kappa shape index (κ1) is 11.9. The quantitative estimate of drug-likeness (QED) is 0.898. The van der Waals surface area contributed by atoms with Crippen molar-refractivity contribution in [3.8, 4) is 0 Å². The summed E-state index contributed by atoms with van der Waals surface area (Å²) < 4.78 is 1.73. The molecule has 17 heavy (non-hydrogen) atoms. The number of nitrogens with one attached hydrogen (secondary N) is 1. The van der Waals surface area contributed by atoms with Crippen LogP contribution in [0, 0.1) is 6.92 Å². The topological polar surface area (TPSA) is 59.8 Å². The molecule has 0 aromatic carbocycles. The molecule has 0 spiro atoms. The zero-order chi connectivity index (χ0) is 12.4. The van der Waals surface area contributed by atoms with Gasteiger partial charge in [-0.05, 0) is 19.2 Å². The van der Waals surface area contributed by atoms with E-state index in [0.717, 1.165) is 16.7 Å². The molecule has 2 aromatic heterocycles. The SMILES string of the molecule is CSCC(=O)Nc1cnc2c(c1)c(C)nn2C. The van der Waals surface area contributed by atoms with Crippen molar-refractivity contribution in [1.29, 1.82) is 0 Å². The van der Waals surface area contributed by atoms with Crippen LogP contribution in [0.3, 0.4) is 0 Å². The van der Waals surface area contributed by atoms with E-state index in [9.17, 15) is 4.79 Å². The smallest absolute Gasteiger partial charge is 0.234 e. The maximum atomic E-state index is 11.5. The van der Waals surface area contributed by atoms with Gasteiger partial charge in [0.15, 0.2) is 5.65 Å². The van der Waals surface area contributed by atoms with Crippen LogP contribution in [0.2, 0.25) is 0 Å². The summed E-state index contributed by atoms with van der Waals surface area (Å²) in [5, 5.41) is 8.06. The molecule has 5 nitrogen and oxygen atoms in total. The molecule has 0 aliphatic heterocycles. The number of aromatic nitrogens is 3. The van der Waals surface area contributed by atoms with Crippen molar-refractivity contribution in [3.05, 3.63) is 18.0 Å². The molecule has 2 aromatic rings. The predicted molar refractivity (Wildman–Crippen MR) is 70.3 cm³/mol. The maximum absolute atomic E-state index is 11.5. The molecule has 1 amide bonds. The number of aryl methyl sites for hydroxylation is 2. The first-order chi connectivity index (χ1) is 8.11. The number of amides is 1. The van der Waals surface area contributed by atoms with E-state index in [-0.39, 0.29) is 5.91 Å². The monoisotopic (exact) mass is 250 g/mol. The average Bonchev–Trinajstić information content (AvgIpc) is 2.55. The number of anilines is 1. The molecule has 0 saturated carbocycles. The van der Waals surface area contributed by atoms with Crippen molar-refractivity contribution >= 4 is 34.4 Å². The zero-order valence-electron chi connectivity index (χ0n) is 10.0.